The van der Waals surface area contributed by atoms with Crippen molar-refractivity contribution < 1.29 is 4.79 Å². The Balaban J connectivity index is 2.25. The Labute approximate surface area is 84.5 Å². The Kier molecular flexibility index (Phi) is 2.24. The van der Waals surface area contributed by atoms with Crippen LogP contribution in [0.25, 0.3) is 6.08 Å². The molecule has 0 N–H and O–H groups in total. The van der Waals surface area contributed by atoms with E-state index in [4.69, 9.17) is 0 Å². The van der Waals surface area contributed by atoms with Crippen molar-refractivity contribution in [3.8, 4) is 0 Å². The van der Waals surface area contributed by atoms with E-state index in [2.05, 4.69) is 6.92 Å². The van der Waals surface area contributed by atoms with Crippen molar-refractivity contribution in [2.75, 3.05) is 0 Å². The molecule has 2 atom stereocenters. The average Bonchev–Trinajstić information content (AvgIpc) is 2.26. The van der Waals surface area contributed by atoms with Crippen LogP contribution in [-0.2, 0) is 4.79 Å². The summed E-state index contributed by atoms with van der Waals surface area (Å²) in [5.41, 5.74) is 2.10. The van der Waals surface area contributed by atoms with E-state index in [0.29, 0.717) is 11.7 Å². The molecule has 1 aromatic carbocycles. The summed E-state index contributed by atoms with van der Waals surface area (Å²) in [6, 6.07) is 10.0. The van der Waals surface area contributed by atoms with Crippen LogP contribution in [0.5, 0.6) is 0 Å². The summed E-state index contributed by atoms with van der Waals surface area (Å²) in [5.74, 6) is 0.939. The molecule has 0 spiro atoms. The van der Waals surface area contributed by atoms with Crippen molar-refractivity contribution in [2.45, 2.75) is 13.8 Å². The quantitative estimate of drug-likeness (QED) is 0.616. The van der Waals surface area contributed by atoms with Gasteiger partial charge in [-0.2, -0.15) is 0 Å². The maximum absolute atomic E-state index is 11.5. The zero-order valence-corrected chi connectivity index (χ0v) is 8.53. The van der Waals surface area contributed by atoms with Crippen LogP contribution in [0.1, 0.15) is 19.4 Å². The number of rotatable bonds is 1. The van der Waals surface area contributed by atoms with Crippen LogP contribution < -0.4 is 0 Å². The molecule has 0 bridgehead atoms. The minimum Gasteiger partial charge on any atom is -0.294 e. The molecule has 1 nitrogen and oxygen atoms in total. The summed E-state index contributed by atoms with van der Waals surface area (Å²) in [4.78, 5) is 11.5. The Morgan fingerprint density at radius 1 is 1.07 bits per heavy atom. The summed E-state index contributed by atoms with van der Waals surface area (Å²) in [7, 11) is 0. The molecule has 0 aromatic heterocycles. The maximum Gasteiger partial charge on any atom is 0.162 e. The number of carbonyl (C=O) groups is 1. The van der Waals surface area contributed by atoms with Crippen molar-refractivity contribution in [1.82, 2.24) is 0 Å². The minimum atomic E-state index is 0.213. The second-order valence-electron chi connectivity index (χ2n) is 3.95. The van der Waals surface area contributed by atoms with Gasteiger partial charge in [0.15, 0.2) is 5.78 Å². The van der Waals surface area contributed by atoms with Crippen LogP contribution in [-0.4, -0.2) is 5.78 Å². The van der Waals surface area contributed by atoms with Crippen LogP contribution >= 0.6 is 0 Å². The predicted molar refractivity (Wildman–Crippen MR) is 57.8 cm³/mol. The molecule has 0 unspecified atom stereocenters. The number of hydrogen-bond acceptors (Lipinski definition) is 1. The van der Waals surface area contributed by atoms with Gasteiger partial charge in [0.25, 0.3) is 0 Å². The fraction of sp³-hybridized carbons (Fsp3) is 0.308. The molecule has 72 valence electrons. The van der Waals surface area contributed by atoms with Gasteiger partial charge in [-0.1, -0.05) is 44.2 Å². The van der Waals surface area contributed by atoms with Crippen LogP contribution in [0.2, 0.25) is 0 Å². The van der Waals surface area contributed by atoms with E-state index in [-0.39, 0.29) is 5.92 Å². The minimum absolute atomic E-state index is 0.213. The average molecular weight is 186 g/mol. The highest BCUT2D eigenvalue weighted by molar-refractivity contribution is 6.07. The van der Waals surface area contributed by atoms with Crippen LogP contribution in [0.15, 0.2) is 35.9 Å². The van der Waals surface area contributed by atoms with E-state index in [1.54, 1.807) is 0 Å². The van der Waals surface area contributed by atoms with Gasteiger partial charge in [0.05, 0.1) is 0 Å². The van der Waals surface area contributed by atoms with Gasteiger partial charge in [-0.15, -0.1) is 0 Å². The fourth-order valence-electron chi connectivity index (χ4n) is 1.82. The third-order valence-electron chi connectivity index (χ3n) is 3.06. The molecule has 1 aromatic rings. The Bertz CT molecular complexity index is 375. The second kappa shape index (κ2) is 3.41. The van der Waals surface area contributed by atoms with Gasteiger partial charge in [0.1, 0.15) is 0 Å². The lowest BCUT2D eigenvalue weighted by molar-refractivity contribution is -0.125. The van der Waals surface area contributed by atoms with Crippen molar-refractivity contribution in [3.05, 3.63) is 41.5 Å². The van der Waals surface area contributed by atoms with Gasteiger partial charge in [-0.25, -0.2) is 0 Å². The lowest BCUT2D eigenvalue weighted by atomic mass is 9.69. The molecule has 0 radical (unpaired) electrons. The topological polar surface area (TPSA) is 17.1 Å². The Morgan fingerprint density at radius 3 is 2.29 bits per heavy atom. The van der Waals surface area contributed by atoms with Gasteiger partial charge in [0, 0.05) is 5.92 Å². The number of allylic oxidation sites excluding steroid dienone is 1. The molecule has 14 heavy (non-hydrogen) atoms. The molecule has 0 saturated heterocycles. The molecular weight excluding hydrogens is 172 g/mol. The predicted octanol–water partition coefficient (Wildman–Crippen LogP) is 2.92. The molecular formula is C13H14O. The van der Waals surface area contributed by atoms with E-state index in [1.807, 2.05) is 43.3 Å². The van der Waals surface area contributed by atoms with Crippen LogP contribution in [0.4, 0.5) is 0 Å². The molecule has 0 heterocycles. The third kappa shape index (κ3) is 1.39. The van der Waals surface area contributed by atoms with Crippen molar-refractivity contribution in [1.29, 1.82) is 0 Å². The molecule has 2 rings (SSSR count). The van der Waals surface area contributed by atoms with Crippen LogP contribution in [0.3, 0.4) is 0 Å². The van der Waals surface area contributed by atoms with Gasteiger partial charge >= 0.3 is 0 Å². The number of hydrogen-bond donors (Lipinski definition) is 0. The standard InChI is InChI=1S/C13H14O/c1-9-10(2)13(14)12(9)8-11-6-4-3-5-7-11/h3-10H,1-2H3/b12-8+/t9-,10+/m0/s1. The first-order valence-corrected chi connectivity index (χ1v) is 5.01. The van der Waals surface area contributed by atoms with Gasteiger partial charge in [0.2, 0.25) is 0 Å². The van der Waals surface area contributed by atoms with Crippen LogP contribution in [0, 0.1) is 11.8 Å². The number of benzene rings is 1. The third-order valence-corrected chi connectivity index (χ3v) is 3.06. The highest BCUT2D eigenvalue weighted by Crippen LogP contribution is 2.36. The smallest absolute Gasteiger partial charge is 0.162 e. The molecule has 0 amide bonds. The zero-order valence-electron chi connectivity index (χ0n) is 8.53. The van der Waals surface area contributed by atoms with Crippen molar-refractivity contribution in [2.24, 2.45) is 11.8 Å². The van der Waals surface area contributed by atoms with Crippen molar-refractivity contribution >= 4 is 11.9 Å². The lowest BCUT2D eigenvalue weighted by Gasteiger charge is -2.32. The first-order chi connectivity index (χ1) is 6.70. The first kappa shape index (κ1) is 9.20. The van der Waals surface area contributed by atoms with E-state index in [1.165, 1.54) is 0 Å². The molecule has 1 saturated carbocycles. The van der Waals surface area contributed by atoms with E-state index in [0.717, 1.165) is 11.1 Å². The fourth-order valence-corrected chi connectivity index (χ4v) is 1.82. The zero-order chi connectivity index (χ0) is 10.1. The first-order valence-electron chi connectivity index (χ1n) is 5.01. The molecule has 0 aliphatic heterocycles. The summed E-state index contributed by atoms with van der Waals surface area (Å²) in [6.07, 6.45) is 2.01. The van der Waals surface area contributed by atoms with Crippen molar-refractivity contribution in [3.63, 3.8) is 0 Å². The highest BCUT2D eigenvalue weighted by Gasteiger charge is 2.37. The number of carbonyl (C=O) groups excluding carboxylic acids is 1. The largest absolute Gasteiger partial charge is 0.294 e. The monoisotopic (exact) mass is 186 g/mol. The van der Waals surface area contributed by atoms with Gasteiger partial charge < -0.3 is 0 Å². The second-order valence-corrected chi connectivity index (χ2v) is 3.95. The Morgan fingerprint density at radius 2 is 1.71 bits per heavy atom. The molecule has 1 aliphatic carbocycles. The summed E-state index contributed by atoms with van der Waals surface area (Å²) < 4.78 is 0. The Hall–Kier alpha value is -1.37. The van der Waals surface area contributed by atoms with Gasteiger partial charge in [-0.3, -0.25) is 4.79 Å². The molecule has 1 fully saturated rings. The summed E-state index contributed by atoms with van der Waals surface area (Å²) >= 11 is 0. The summed E-state index contributed by atoms with van der Waals surface area (Å²) in [5, 5.41) is 0. The van der Waals surface area contributed by atoms with Gasteiger partial charge in [-0.05, 0) is 23.1 Å². The molecule has 1 heteroatoms. The SMILES string of the molecule is C[C@@H]1/C(=C\c2ccccc2)C(=O)[C@@H]1C. The number of Topliss-reactive ketones (excluding diaryl/α,β-unsaturated/α-hetero) is 1. The van der Waals surface area contributed by atoms with E-state index in [9.17, 15) is 4.79 Å². The van der Waals surface area contributed by atoms with E-state index >= 15 is 0 Å². The maximum atomic E-state index is 11.5. The lowest BCUT2D eigenvalue weighted by Crippen LogP contribution is -2.36. The number of ketones is 1. The summed E-state index contributed by atoms with van der Waals surface area (Å²) in [6.45, 7) is 4.11. The molecule has 1 aliphatic rings. The highest BCUT2D eigenvalue weighted by atomic mass is 16.1. The van der Waals surface area contributed by atoms with E-state index < -0.39 is 0 Å². The normalized spacial score (nSPS) is 29.0.